The summed E-state index contributed by atoms with van der Waals surface area (Å²) in [5.74, 6) is -2.52. The van der Waals surface area contributed by atoms with Gasteiger partial charge >= 0.3 is 11.9 Å². The lowest BCUT2D eigenvalue weighted by Gasteiger charge is -2.28. The average molecular weight is 321 g/mol. The van der Waals surface area contributed by atoms with Crippen LogP contribution in [0.2, 0.25) is 19.1 Å². The zero-order valence-electron chi connectivity index (χ0n) is 13.5. The summed E-state index contributed by atoms with van der Waals surface area (Å²) in [6, 6.07) is 6.45. The third kappa shape index (κ3) is 4.27. The van der Waals surface area contributed by atoms with E-state index in [-0.39, 0.29) is 5.92 Å². The molecule has 6 heteroatoms. The fourth-order valence-electron chi connectivity index (χ4n) is 2.49. The Bertz CT molecular complexity index is 514. The van der Waals surface area contributed by atoms with Crippen LogP contribution in [0.15, 0.2) is 37.1 Å². The highest BCUT2D eigenvalue weighted by atomic mass is 28.3. The first-order valence-corrected chi connectivity index (χ1v) is 10.3. The van der Waals surface area contributed by atoms with Crippen molar-refractivity contribution in [2.24, 2.45) is 11.8 Å². The van der Waals surface area contributed by atoms with Crippen molar-refractivity contribution in [3.8, 4) is 0 Å². The number of esters is 2. The van der Waals surface area contributed by atoms with E-state index in [0.29, 0.717) is 6.04 Å². The molecule has 0 saturated heterocycles. The highest BCUT2D eigenvalue weighted by molar-refractivity contribution is 6.89. The smallest absolute Gasteiger partial charge is 0.320 e. The van der Waals surface area contributed by atoms with Crippen LogP contribution >= 0.6 is 0 Å². The molecule has 0 bridgehead atoms. The predicted molar refractivity (Wildman–Crippen MR) is 87.4 cm³/mol. The average Bonchev–Trinajstić information content (AvgIpc) is 2.54. The Balaban J connectivity index is 3.06. The number of hydrogen-bond donors (Lipinski definition) is 0. The molecule has 0 radical (unpaired) electrons. The third-order valence-corrected chi connectivity index (χ3v) is 6.92. The van der Waals surface area contributed by atoms with Gasteiger partial charge in [-0.1, -0.05) is 25.2 Å². The summed E-state index contributed by atoms with van der Waals surface area (Å²) < 4.78 is 9.50. The highest BCUT2D eigenvalue weighted by Crippen LogP contribution is 2.26. The molecule has 1 aromatic heterocycles. The van der Waals surface area contributed by atoms with Gasteiger partial charge in [0.25, 0.3) is 0 Å². The van der Waals surface area contributed by atoms with Crippen molar-refractivity contribution in [3.05, 3.63) is 37.1 Å². The van der Waals surface area contributed by atoms with Crippen LogP contribution in [0.5, 0.6) is 0 Å². The fraction of sp³-hybridized carbons (Fsp3) is 0.438. The van der Waals surface area contributed by atoms with Gasteiger partial charge in [-0.25, -0.2) is 0 Å². The number of rotatable bonds is 7. The van der Waals surface area contributed by atoms with Crippen molar-refractivity contribution in [2.75, 3.05) is 14.2 Å². The van der Waals surface area contributed by atoms with E-state index in [2.05, 4.69) is 24.7 Å². The minimum absolute atomic E-state index is 0.344. The second kappa shape index (κ2) is 7.89. The number of nitrogens with zero attached hydrogens (tertiary/aromatic N) is 1. The Morgan fingerprint density at radius 3 is 2.27 bits per heavy atom. The minimum Gasteiger partial charge on any atom is -0.468 e. The minimum atomic E-state index is -1.94. The van der Waals surface area contributed by atoms with Gasteiger partial charge in [0, 0.05) is 11.5 Å². The van der Waals surface area contributed by atoms with Crippen LogP contribution in [-0.2, 0) is 19.1 Å². The number of aromatic nitrogens is 1. The van der Waals surface area contributed by atoms with Gasteiger partial charge < -0.3 is 9.47 Å². The lowest BCUT2D eigenvalue weighted by molar-refractivity contribution is -0.160. The molecule has 0 aromatic carbocycles. The molecule has 1 rings (SSSR count). The maximum atomic E-state index is 12.0. The maximum Gasteiger partial charge on any atom is 0.320 e. The highest BCUT2D eigenvalue weighted by Gasteiger charge is 2.39. The van der Waals surface area contributed by atoms with Crippen LogP contribution < -0.4 is 5.32 Å². The summed E-state index contributed by atoms with van der Waals surface area (Å²) in [6.45, 7) is 8.08. The normalized spacial score (nSPS) is 12.6. The van der Waals surface area contributed by atoms with Crippen LogP contribution in [0.25, 0.3) is 0 Å². The van der Waals surface area contributed by atoms with E-state index in [1.54, 1.807) is 12.3 Å². The summed E-state index contributed by atoms with van der Waals surface area (Å²) in [7, 11) is 0.586. The summed E-state index contributed by atoms with van der Waals surface area (Å²) in [5, 5.41) is 1.02. The first-order chi connectivity index (χ1) is 10.4. The molecule has 1 atom stereocenters. The standard InChI is InChI=1S/C16H23NO4Si/c1-6-12(14(15(18)20-2)16(19)21-3)11-22(4,5)13-9-7-8-10-17-13/h6-10,12,14H,1,11H2,2-5H3. The van der Waals surface area contributed by atoms with E-state index >= 15 is 0 Å². The Labute approximate surface area is 132 Å². The number of pyridine rings is 1. The van der Waals surface area contributed by atoms with Crippen molar-refractivity contribution >= 4 is 25.3 Å². The summed E-state index contributed by atoms with van der Waals surface area (Å²) >= 11 is 0. The first kappa shape index (κ1) is 18.1. The Morgan fingerprint density at radius 2 is 1.86 bits per heavy atom. The molecule has 0 aliphatic heterocycles. The molecule has 1 heterocycles. The van der Waals surface area contributed by atoms with E-state index in [0.717, 1.165) is 5.32 Å². The molecule has 1 unspecified atom stereocenters. The molecule has 1 aromatic rings. The zero-order valence-corrected chi connectivity index (χ0v) is 14.5. The van der Waals surface area contributed by atoms with Gasteiger partial charge in [-0.15, -0.1) is 6.58 Å². The number of methoxy groups -OCH3 is 2. The van der Waals surface area contributed by atoms with Crippen molar-refractivity contribution in [3.63, 3.8) is 0 Å². The van der Waals surface area contributed by atoms with E-state index in [4.69, 9.17) is 9.47 Å². The maximum absolute atomic E-state index is 12.0. The lowest BCUT2D eigenvalue weighted by Crippen LogP contribution is -2.47. The van der Waals surface area contributed by atoms with Gasteiger partial charge in [0.2, 0.25) is 0 Å². The summed E-state index contributed by atoms with van der Waals surface area (Å²) in [4.78, 5) is 28.4. The van der Waals surface area contributed by atoms with E-state index in [1.807, 2.05) is 18.2 Å². The van der Waals surface area contributed by atoms with Crippen LogP contribution in [-0.4, -0.2) is 39.2 Å². The van der Waals surface area contributed by atoms with E-state index in [9.17, 15) is 9.59 Å². The zero-order chi connectivity index (χ0) is 16.8. The molecular weight excluding hydrogens is 298 g/mol. The molecule has 0 saturated carbocycles. The second-order valence-electron chi connectivity index (χ2n) is 5.73. The Morgan fingerprint density at radius 1 is 1.27 bits per heavy atom. The van der Waals surface area contributed by atoms with Crippen molar-refractivity contribution in [1.29, 1.82) is 0 Å². The van der Waals surface area contributed by atoms with Gasteiger partial charge in [-0.2, -0.15) is 0 Å². The topological polar surface area (TPSA) is 65.5 Å². The monoisotopic (exact) mass is 321 g/mol. The molecule has 0 N–H and O–H groups in total. The van der Waals surface area contributed by atoms with Gasteiger partial charge in [0.05, 0.1) is 14.2 Å². The summed E-state index contributed by atoms with van der Waals surface area (Å²) in [6.07, 6.45) is 3.39. The van der Waals surface area contributed by atoms with Crippen LogP contribution in [0, 0.1) is 11.8 Å². The number of ether oxygens (including phenoxy) is 2. The number of carbonyl (C=O) groups excluding carboxylic acids is 2. The fourth-order valence-corrected chi connectivity index (χ4v) is 5.26. The number of allylic oxidation sites excluding steroid dienone is 1. The van der Waals surface area contributed by atoms with Crippen LogP contribution in [0.1, 0.15) is 0 Å². The second-order valence-corrected chi connectivity index (χ2v) is 10.4. The lowest BCUT2D eigenvalue weighted by atomic mass is 9.94. The quantitative estimate of drug-likeness (QED) is 0.331. The molecule has 0 amide bonds. The van der Waals surface area contributed by atoms with E-state index in [1.165, 1.54) is 14.2 Å². The number of carbonyl (C=O) groups is 2. The molecule has 0 aliphatic carbocycles. The first-order valence-electron chi connectivity index (χ1n) is 7.07. The SMILES string of the molecule is C=CC(C[Si](C)(C)c1ccccn1)C(C(=O)OC)C(=O)OC. The predicted octanol–water partition coefficient (Wildman–Crippen LogP) is 1.76. The van der Waals surface area contributed by atoms with Crippen molar-refractivity contribution in [1.82, 2.24) is 4.98 Å². The molecular formula is C16H23NO4Si. The molecule has 0 spiro atoms. The molecule has 22 heavy (non-hydrogen) atoms. The molecule has 120 valence electrons. The molecule has 0 fully saturated rings. The van der Waals surface area contributed by atoms with Crippen molar-refractivity contribution < 1.29 is 19.1 Å². The van der Waals surface area contributed by atoms with Crippen LogP contribution in [0.3, 0.4) is 0 Å². The van der Waals surface area contributed by atoms with Gasteiger partial charge in [0.1, 0.15) is 8.07 Å². The molecule has 5 nitrogen and oxygen atoms in total. The Kier molecular flexibility index (Phi) is 6.49. The van der Waals surface area contributed by atoms with Gasteiger partial charge in [-0.05, 0) is 24.1 Å². The van der Waals surface area contributed by atoms with Crippen molar-refractivity contribution in [2.45, 2.75) is 19.1 Å². The largest absolute Gasteiger partial charge is 0.468 e. The van der Waals surface area contributed by atoms with Crippen LogP contribution in [0.4, 0.5) is 0 Å². The molecule has 0 aliphatic rings. The third-order valence-electron chi connectivity index (χ3n) is 3.75. The van der Waals surface area contributed by atoms with Gasteiger partial charge in [-0.3, -0.25) is 14.6 Å². The van der Waals surface area contributed by atoms with Gasteiger partial charge in [0.15, 0.2) is 5.92 Å². The Hall–Kier alpha value is -1.95. The summed E-state index contributed by atoms with van der Waals surface area (Å²) in [5.41, 5.74) is 0. The van der Waals surface area contributed by atoms with E-state index < -0.39 is 25.9 Å². The number of hydrogen-bond acceptors (Lipinski definition) is 5.